The van der Waals surface area contributed by atoms with Crippen molar-refractivity contribution in [2.45, 2.75) is 64.6 Å². The molecule has 4 rings (SSSR count). The molecule has 31 heavy (non-hydrogen) atoms. The Morgan fingerprint density at radius 3 is 2.42 bits per heavy atom. The molecule has 1 aromatic rings. The van der Waals surface area contributed by atoms with Gasteiger partial charge in [-0.3, -0.25) is 9.69 Å². The number of likely N-dealkylation sites (tertiary alicyclic amines) is 1. The molecule has 0 aromatic carbocycles. The summed E-state index contributed by atoms with van der Waals surface area (Å²) in [4.78, 5) is 24.1. The number of ether oxygens (including phenoxy) is 1. The van der Waals surface area contributed by atoms with Crippen molar-refractivity contribution < 1.29 is 9.53 Å². The summed E-state index contributed by atoms with van der Waals surface area (Å²) in [6.45, 7) is 11.2. The number of morpholine rings is 1. The molecule has 4 heterocycles. The summed E-state index contributed by atoms with van der Waals surface area (Å²) >= 11 is 6.58. The molecule has 3 saturated heterocycles. The molecular formula is C24H37ClN4O2. The number of hydrogen-bond donors (Lipinski definition) is 0. The van der Waals surface area contributed by atoms with E-state index in [0.717, 1.165) is 70.4 Å². The number of aromatic nitrogens is 1. The molecule has 3 fully saturated rings. The van der Waals surface area contributed by atoms with E-state index in [9.17, 15) is 4.79 Å². The molecule has 2 unspecified atom stereocenters. The van der Waals surface area contributed by atoms with Crippen LogP contribution in [0.2, 0.25) is 5.02 Å². The van der Waals surface area contributed by atoms with Crippen LogP contribution in [0.5, 0.6) is 0 Å². The number of anilines is 1. The highest BCUT2D eigenvalue weighted by Gasteiger charge is 2.26. The van der Waals surface area contributed by atoms with Gasteiger partial charge >= 0.3 is 0 Å². The van der Waals surface area contributed by atoms with Crippen LogP contribution in [0, 0.1) is 5.92 Å². The van der Waals surface area contributed by atoms with Crippen molar-refractivity contribution >= 4 is 23.3 Å². The quantitative estimate of drug-likeness (QED) is 0.679. The smallest absolute Gasteiger partial charge is 0.255 e. The van der Waals surface area contributed by atoms with Gasteiger partial charge in [-0.25, -0.2) is 4.98 Å². The summed E-state index contributed by atoms with van der Waals surface area (Å²) in [5.74, 6) is 1.64. The first-order valence-corrected chi connectivity index (χ1v) is 12.4. The topological polar surface area (TPSA) is 48.9 Å². The maximum atomic E-state index is 12.7. The Kier molecular flexibility index (Phi) is 7.72. The molecule has 0 aliphatic carbocycles. The maximum absolute atomic E-state index is 12.7. The van der Waals surface area contributed by atoms with Gasteiger partial charge in [0.05, 0.1) is 22.8 Å². The van der Waals surface area contributed by atoms with Gasteiger partial charge in [-0.15, -0.1) is 0 Å². The van der Waals surface area contributed by atoms with Gasteiger partial charge in [0.15, 0.2) is 0 Å². The Morgan fingerprint density at radius 2 is 1.77 bits per heavy atom. The highest BCUT2D eigenvalue weighted by molar-refractivity contribution is 6.33. The van der Waals surface area contributed by atoms with Gasteiger partial charge < -0.3 is 14.5 Å². The molecule has 0 N–H and O–H groups in total. The molecule has 0 spiro atoms. The highest BCUT2D eigenvalue weighted by atomic mass is 35.5. The molecule has 7 heteroatoms. The predicted octanol–water partition coefficient (Wildman–Crippen LogP) is 4.08. The van der Waals surface area contributed by atoms with Crippen molar-refractivity contribution in [3.05, 3.63) is 22.8 Å². The number of hydrogen-bond acceptors (Lipinski definition) is 5. The molecule has 3 aliphatic heterocycles. The first kappa shape index (κ1) is 22.8. The van der Waals surface area contributed by atoms with E-state index in [1.165, 1.54) is 25.7 Å². The number of pyridine rings is 1. The molecule has 6 nitrogen and oxygen atoms in total. The summed E-state index contributed by atoms with van der Waals surface area (Å²) in [7, 11) is 0. The normalized spacial score (nSPS) is 26.3. The van der Waals surface area contributed by atoms with E-state index in [0.29, 0.717) is 22.8 Å². The van der Waals surface area contributed by atoms with Crippen LogP contribution in [-0.2, 0) is 4.74 Å². The van der Waals surface area contributed by atoms with Gasteiger partial charge in [0, 0.05) is 45.5 Å². The number of nitrogens with zero attached hydrogens (tertiary/aromatic N) is 4. The van der Waals surface area contributed by atoms with Gasteiger partial charge in [0.2, 0.25) is 0 Å². The van der Waals surface area contributed by atoms with Gasteiger partial charge in [-0.2, -0.15) is 0 Å². The number of halogens is 1. The molecule has 3 aliphatic rings. The van der Waals surface area contributed by atoms with Gasteiger partial charge in [-0.05, 0) is 70.9 Å². The molecule has 1 amide bonds. The lowest BCUT2D eigenvalue weighted by molar-refractivity contribution is -0.0690. The molecule has 0 saturated carbocycles. The fourth-order valence-electron chi connectivity index (χ4n) is 5.33. The van der Waals surface area contributed by atoms with Gasteiger partial charge in [0.25, 0.3) is 5.91 Å². The van der Waals surface area contributed by atoms with E-state index in [4.69, 9.17) is 16.3 Å². The zero-order valence-electron chi connectivity index (χ0n) is 19.1. The summed E-state index contributed by atoms with van der Waals surface area (Å²) < 4.78 is 5.85. The zero-order chi connectivity index (χ0) is 21.8. The Balaban J connectivity index is 1.27. The lowest BCUT2D eigenvalue weighted by atomic mass is 9.93. The van der Waals surface area contributed by atoms with Crippen molar-refractivity contribution in [1.29, 1.82) is 0 Å². The third kappa shape index (κ3) is 5.91. The van der Waals surface area contributed by atoms with Crippen molar-refractivity contribution in [1.82, 2.24) is 14.8 Å². The molecule has 0 radical (unpaired) electrons. The van der Waals surface area contributed by atoms with E-state index < -0.39 is 0 Å². The molecular weight excluding hydrogens is 412 g/mol. The predicted molar refractivity (Wildman–Crippen MR) is 125 cm³/mol. The van der Waals surface area contributed by atoms with Gasteiger partial charge in [-0.1, -0.05) is 11.6 Å². The van der Waals surface area contributed by atoms with Crippen LogP contribution in [0.4, 0.5) is 5.82 Å². The van der Waals surface area contributed by atoms with Crippen LogP contribution in [0.3, 0.4) is 0 Å². The lowest BCUT2D eigenvalue weighted by Crippen LogP contribution is -2.46. The molecule has 172 valence electrons. The van der Waals surface area contributed by atoms with Crippen LogP contribution < -0.4 is 4.90 Å². The van der Waals surface area contributed by atoms with Crippen molar-refractivity contribution in [2.75, 3.05) is 50.7 Å². The van der Waals surface area contributed by atoms with E-state index in [-0.39, 0.29) is 5.91 Å². The van der Waals surface area contributed by atoms with Gasteiger partial charge in [0.1, 0.15) is 5.82 Å². The number of carbonyl (C=O) groups excluding carboxylic acids is 1. The molecule has 1 aromatic heterocycles. The fraction of sp³-hybridized carbons (Fsp3) is 0.750. The number of piperidine rings is 2. The summed E-state index contributed by atoms with van der Waals surface area (Å²) in [6.07, 6.45) is 9.36. The van der Waals surface area contributed by atoms with Crippen LogP contribution >= 0.6 is 11.6 Å². The lowest BCUT2D eigenvalue weighted by Gasteiger charge is -2.37. The zero-order valence-corrected chi connectivity index (χ0v) is 19.8. The Labute approximate surface area is 191 Å². The van der Waals surface area contributed by atoms with Crippen LogP contribution in [0.1, 0.15) is 62.7 Å². The summed E-state index contributed by atoms with van der Waals surface area (Å²) in [6, 6.07) is 1.81. The minimum absolute atomic E-state index is 0.0612. The van der Waals surface area contributed by atoms with E-state index in [1.807, 2.05) is 11.0 Å². The van der Waals surface area contributed by atoms with Crippen LogP contribution in [-0.4, -0.2) is 78.7 Å². The molecule has 0 bridgehead atoms. The van der Waals surface area contributed by atoms with Crippen molar-refractivity contribution in [3.8, 4) is 0 Å². The second-order valence-electron chi connectivity index (χ2n) is 9.62. The minimum Gasteiger partial charge on any atom is -0.373 e. The van der Waals surface area contributed by atoms with E-state index in [1.54, 1.807) is 6.20 Å². The maximum Gasteiger partial charge on any atom is 0.255 e. The van der Waals surface area contributed by atoms with Crippen molar-refractivity contribution in [3.63, 3.8) is 0 Å². The van der Waals surface area contributed by atoms with E-state index >= 15 is 0 Å². The second-order valence-corrected chi connectivity index (χ2v) is 10.0. The van der Waals surface area contributed by atoms with Crippen molar-refractivity contribution in [2.24, 2.45) is 5.92 Å². The Bertz CT molecular complexity index is 737. The average Bonchev–Trinajstić information content (AvgIpc) is 2.77. The Morgan fingerprint density at radius 1 is 1.10 bits per heavy atom. The standard InChI is InChI=1S/C24H37ClN4O2/c1-18-16-27(17-19(2)31-18)11-6-20-7-12-28(13-8-20)23-22(25)14-21(15-26-23)24(30)29-9-4-3-5-10-29/h14-15,18-20H,3-13,16-17H2,1-2H3. The van der Waals surface area contributed by atoms with E-state index in [2.05, 4.69) is 28.6 Å². The summed E-state index contributed by atoms with van der Waals surface area (Å²) in [5, 5.41) is 0.595. The number of amides is 1. The first-order valence-electron chi connectivity index (χ1n) is 12.1. The SMILES string of the molecule is CC1CN(CCC2CCN(c3ncc(C(=O)N4CCCCC4)cc3Cl)CC2)CC(C)O1. The fourth-order valence-corrected chi connectivity index (χ4v) is 5.61. The third-order valence-electron chi connectivity index (χ3n) is 6.97. The Hall–Kier alpha value is -1.37. The average molecular weight is 449 g/mol. The highest BCUT2D eigenvalue weighted by Crippen LogP contribution is 2.30. The van der Waals surface area contributed by atoms with Crippen LogP contribution in [0.25, 0.3) is 0 Å². The monoisotopic (exact) mass is 448 g/mol. The largest absolute Gasteiger partial charge is 0.373 e. The first-order chi connectivity index (χ1) is 15.0. The van der Waals surface area contributed by atoms with Crippen LogP contribution in [0.15, 0.2) is 12.3 Å². The summed E-state index contributed by atoms with van der Waals surface area (Å²) in [5.41, 5.74) is 0.611. The molecule has 2 atom stereocenters. The minimum atomic E-state index is 0.0612. The number of carbonyl (C=O) groups is 1. The number of rotatable bonds is 5. The second kappa shape index (κ2) is 10.5. The third-order valence-corrected chi connectivity index (χ3v) is 7.25.